The van der Waals surface area contributed by atoms with Crippen molar-refractivity contribution in [3.63, 3.8) is 0 Å². The molecule has 1 heterocycles. The van der Waals surface area contributed by atoms with E-state index < -0.39 is 0 Å². The number of imidazole rings is 1. The molecule has 1 fully saturated rings. The third-order valence-corrected chi connectivity index (χ3v) is 4.46. The summed E-state index contributed by atoms with van der Waals surface area (Å²) in [5.41, 5.74) is 1.13. The van der Waals surface area contributed by atoms with Gasteiger partial charge in [0.05, 0.1) is 17.7 Å². The summed E-state index contributed by atoms with van der Waals surface area (Å²) in [5, 5.41) is 0. The average molecular weight is 297 g/mol. The van der Waals surface area contributed by atoms with Gasteiger partial charge in [-0.2, -0.15) is 0 Å². The van der Waals surface area contributed by atoms with Crippen molar-refractivity contribution in [1.82, 2.24) is 9.55 Å². The molecule has 0 spiro atoms. The minimum absolute atomic E-state index is 0.124. The zero-order chi connectivity index (χ0) is 14.2. The van der Waals surface area contributed by atoms with Crippen LogP contribution in [-0.2, 0) is 17.7 Å². The van der Waals surface area contributed by atoms with Crippen LogP contribution in [0.2, 0.25) is 0 Å². The molecule has 1 aliphatic rings. The highest BCUT2D eigenvalue weighted by Gasteiger charge is 2.38. The minimum Gasteiger partial charge on any atom is -0.376 e. The number of halogens is 2. The number of hydrogen-bond donors (Lipinski definition) is 0. The van der Waals surface area contributed by atoms with Gasteiger partial charge >= 0.3 is 0 Å². The molecule has 0 aliphatic heterocycles. The zero-order valence-electron chi connectivity index (χ0n) is 11.5. The van der Waals surface area contributed by atoms with Gasteiger partial charge in [0.1, 0.15) is 11.3 Å². The maximum Gasteiger partial charge on any atom is 0.151 e. The predicted molar refractivity (Wildman–Crippen MR) is 77.7 cm³/mol. The monoisotopic (exact) mass is 296 g/mol. The van der Waals surface area contributed by atoms with Crippen LogP contribution in [0.4, 0.5) is 4.39 Å². The molecule has 0 bridgehead atoms. The Kier molecular flexibility index (Phi) is 3.69. The maximum absolute atomic E-state index is 13.9. The SMILES string of the molecule is COC1(Cn2c(CCCl)nc3c(F)cccc32)CCC1. The van der Waals surface area contributed by atoms with E-state index in [1.165, 1.54) is 12.5 Å². The van der Waals surface area contributed by atoms with Gasteiger partial charge in [-0.25, -0.2) is 9.37 Å². The van der Waals surface area contributed by atoms with E-state index in [0.29, 0.717) is 17.8 Å². The summed E-state index contributed by atoms with van der Waals surface area (Å²) in [7, 11) is 1.75. The van der Waals surface area contributed by atoms with Crippen molar-refractivity contribution in [2.75, 3.05) is 13.0 Å². The molecule has 0 saturated heterocycles. The lowest BCUT2D eigenvalue weighted by Crippen LogP contribution is -2.43. The van der Waals surface area contributed by atoms with Crippen molar-refractivity contribution in [3.05, 3.63) is 29.8 Å². The number of fused-ring (bicyclic) bond motifs is 1. The standard InChI is InChI=1S/C15H18ClFN2O/c1-20-15(7-3-8-15)10-19-12-5-2-4-11(17)14(12)18-13(19)6-9-16/h2,4-5H,3,6-10H2,1H3. The lowest BCUT2D eigenvalue weighted by Gasteiger charge is -2.41. The van der Waals surface area contributed by atoms with E-state index in [2.05, 4.69) is 9.55 Å². The number of ether oxygens (including phenoxy) is 1. The number of benzene rings is 1. The molecule has 0 unspecified atom stereocenters. The molecule has 0 N–H and O–H groups in total. The van der Waals surface area contributed by atoms with Crippen molar-refractivity contribution in [3.8, 4) is 0 Å². The fraction of sp³-hybridized carbons (Fsp3) is 0.533. The first-order valence-electron chi connectivity index (χ1n) is 6.94. The third-order valence-electron chi connectivity index (χ3n) is 4.27. The number of nitrogens with zero attached hydrogens (tertiary/aromatic N) is 2. The largest absolute Gasteiger partial charge is 0.376 e. The van der Waals surface area contributed by atoms with Gasteiger partial charge in [0.25, 0.3) is 0 Å². The summed E-state index contributed by atoms with van der Waals surface area (Å²) >= 11 is 5.85. The van der Waals surface area contributed by atoms with E-state index in [1.54, 1.807) is 13.2 Å². The number of alkyl halides is 1. The molecule has 5 heteroatoms. The van der Waals surface area contributed by atoms with Crippen LogP contribution in [0.3, 0.4) is 0 Å². The Labute approximate surface area is 122 Å². The summed E-state index contributed by atoms with van der Waals surface area (Å²) in [6.07, 6.45) is 3.90. The molecule has 1 aromatic heterocycles. The molecular weight excluding hydrogens is 279 g/mol. The Morgan fingerprint density at radius 3 is 2.85 bits per heavy atom. The van der Waals surface area contributed by atoms with E-state index in [4.69, 9.17) is 16.3 Å². The highest BCUT2D eigenvalue weighted by atomic mass is 35.5. The van der Waals surface area contributed by atoms with Gasteiger partial charge in [-0.1, -0.05) is 6.07 Å². The van der Waals surface area contributed by atoms with Gasteiger partial charge < -0.3 is 9.30 Å². The van der Waals surface area contributed by atoms with Crippen molar-refractivity contribution < 1.29 is 9.13 Å². The molecule has 2 aromatic rings. The van der Waals surface area contributed by atoms with Gasteiger partial charge in [-0.05, 0) is 31.4 Å². The summed E-state index contributed by atoms with van der Waals surface area (Å²) < 4.78 is 21.6. The highest BCUT2D eigenvalue weighted by molar-refractivity contribution is 6.17. The predicted octanol–water partition coefficient (Wildman–Crippen LogP) is 3.53. The Morgan fingerprint density at radius 1 is 1.45 bits per heavy atom. The fourth-order valence-corrected chi connectivity index (χ4v) is 3.07. The van der Waals surface area contributed by atoms with Crippen molar-refractivity contribution >= 4 is 22.6 Å². The van der Waals surface area contributed by atoms with Gasteiger partial charge in [-0.3, -0.25) is 0 Å². The van der Waals surface area contributed by atoms with Crippen LogP contribution in [0.15, 0.2) is 18.2 Å². The molecule has 1 aliphatic carbocycles. The third kappa shape index (κ3) is 2.21. The van der Waals surface area contributed by atoms with Gasteiger partial charge in [0, 0.05) is 19.4 Å². The number of aromatic nitrogens is 2. The Bertz CT molecular complexity index is 616. The fourth-order valence-electron chi connectivity index (χ4n) is 2.90. The molecular formula is C15H18ClFN2O. The van der Waals surface area contributed by atoms with Gasteiger partial charge in [0.2, 0.25) is 0 Å². The van der Waals surface area contributed by atoms with Crippen molar-refractivity contribution in [2.24, 2.45) is 0 Å². The highest BCUT2D eigenvalue weighted by Crippen LogP contribution is 2.37. The van der Waals surface area contributed by atoms with Crippen LogP contribution in [0.5, 0.6) is 0 Å². The number of para-hydroxylation sites is 1. The first kappa shape index (κ1) is 13.8. The molecule has 108 valence electrons. The molecule has 0 radical (unpaired) electrons. The van der Waals surface area contributed by atoms with E-state index in [-0.39, 0.29) is 11.4 Å². The minimum atomic E-state index is -0.280. The smallest absolute Gasteiger partial charge is 0.151 e. The molecule has 1 aromatic carbocycles. The topological polar surface area (TPSA) is 27.1 Å². The first-order chi connectivity index (χ1) is 9.69. The second kappa shape index (κ2) is 5.34. The summed E-state index contributed by atoms with van der Waals surface area (Å²) in [4.78, 5) is 4.43. The van der Waals surface area contributed by atoms with Crippen LogP contribution >= 0.6 is 11.6 Å². The Hall–Kier alpha value is -1.13. The second-order valence-corrected chi connectivity index (χ2v) is 5.78. The van der Waals surface area contributed by atoms with Crippen LogP contribution in [0.1, 0.15) is 25.1 Å². The Balaban J connectivity index is 2.07. The van der Waals surface area contributed by atoms with Crippen LogP contribution < -0.4 is 0 Å². The quantitative estimate of drug-likeness (QED) is 0.789. The number of aryl methyl sites for hydroxylation is 1. The molecule has 1 saturated carbocycles. The molecule has 3 nitrogen and oxygen atoms in total. The van der Waals surface area contributed by atoms with Crippen molar-refractivity contribution in [1.29, 1.82) is 0 Å². The molecule has 0 amide bonds. The van der Waals surface area contributed by atoms with Crippen LogP contribution in [0, 0.1) is 5.82 Å². The summed E-state index contributed by atoms with van der Waals surface area (Å²) in [6.45, 7) is 0.718. The van der Waals surface area contributed by atoms with E-state index >= 15 is 0 Å². The van der Waals surface area contributed by atoms with Gasteiger partial charge in [0.15, 0.2) is 5.82 Å². The first-order valence-corrected chi connectivity index (χ1v) is 7.47. The van der Waals surface area contributed by atoms with Crippen LogP contribution in [-0.4, -0.2) is 28.1 Å². The molecule has 0 atom stereocenters. The summed E-state index contributed by atoms with van der Waals surface area (Å²) in [6, 6.07) is 5.07. The second-order valence-electron chi connectivity index (χ2n) is 5.40. The summed E-state index contributed by atoms with van der Waals surface area (Å²) in [5.74, 6) is 1.03. The number of methoxy groups -OCH3 is 1. The van der Waals surface area contributed by atoms with Gasteiger partial charge in [-0.15, -0.1) is 11.6 Å². The van der Waals surface area contributed by atoms with Crippen molar-refractivity contribution in [2.45, 2.75) is 37.8 Å². The van der Waals surface area contributed by atoms with Crippen LogP contribution in [0.25, 0.3) is 11.0 Å². The number of rotatable bonds is 5. The zero-order valence-corrected chi connectivity index (χ0v) is 12.3. The average Bonchev–Trinajstić information content (AvgIpc) is 2.74. The van der Waals surface area contributed by atoms with E-state index in [1.807, 2.05) is 6.07 Å². The molecule has 20 heavy (non-hydrogen) atoms. The lowest BCUT2D eigenvalue weighted by molar-refractivity contribution is -0.0832. The lowest BCUT2D eigenvalue weighted by atomic mass is 9.80. The number of hydrogen-bond acceptors (Lipinski definition) is 2. The molecule has 3 rings (SSSR count). The maximum atomic E-state index is 13.9. The van der Waals surface area contributed by atoms with E-state index in [9.17, 15) is 4.39 Å². The van der Waals surface area contributed by atoms with E-state index in [0.717, 1.165) is 30.7 Å². The Morgan fingerprint density at radius 2 is 2.25 bits per heavy atom. The normalized spacial score (nSPS) is 17.4.